The highest BCUT2D eigenvalue weighted by molar-refractivity contribution is 5.41. The number of anilines is 1. The molecule has 0 radical (unpaired) electrons. The Kier molecular flexibility index (Phi) is 4.43. The van der Waals surface area contributed by atoms with E-state index in [1.54, 1.807) is 0 Å². The molecule has 0 amide bonds. The molecule has 20 heavy (non-hydrogen) atoms. The van der Waals surface area contributed by atoms with Gasteiger partial charge in [-0.3, -0.25) is 4.90 Å². The number of piperidine rings is 1. The van der Waals surface area contributed by atoms with Crippen LogP contribution in [-0.4, -0.2) is 24.0 Å². The summed E-state index contributed by atoms with van der Waals surface area (Å²) in [5, 5.41) is 0. The van der Waals surface area contributed by atoms with Crippen molar-refractivity contribution in [3.63, 3.8) is 0 Å². The van der Waals surface area contributed by atoms with E-state index in [1.165, 1.54) is 18.5 Å². The van der Waals surface area contributed by atoms with Crippen molar-refractivity contribution in [1.29, 1.82) is 0 Å². The molecular formula is C18H30N2. The number of hydrogen-bond donors (Lipinski definition) is 1. The Labute approximate surface area is 124 Å². The van der Waals surface area contributed by atoms with Crippen molar-refractivity contribution >= 4 is 5.69 Å². The number of hydrogen-bond acceptors (Lipinski definition) is 2. The number of nitrogens with zero attached hydrogens (tertiary/aromatic N) is 1. The molecular weight excluding hydrogens is 244 g/mol. The van der Waals surface area contributed by atoms with Crippen molar-refractivity contribution in [1.82, 2.24) is 4.90 Å². The van der Waals surface area contributed by atoms with Crippen LogP contribution in [0.15, 0.2) is 24.3 Å². The van der Waals surface area contributed by atoms with Crippen LogP contribution in [0.2, 0.25) is 0 Å². The lowest BCUT2D eigenvalue weighted by Gasteiger charge is -2.44. The predicted octanol–water partition coefficient (Wildman–Crippen LogP) is 3.91. The van der Waals surface area contributed by atoms with Crippen LogP contribution in [0, 0.1) is 11.8 Å². The third-order valence-electron chi connectivity index (χ3n) is 5.01. The van der Waals surface area contributed by atoms with Crippen LogP contribution in [-0.2, 0) is 5.41 Å². The fourth-order valence-electron chi connectivity index (χ4n) is 3.57. The highest BCUT2D eigenvalue weighted by atomic mass is 15.2. The Balaban J connectivity index is 2.12. The van der Waals surface area contributed by atoms with Crippen LogP contribution < -0.4 is 5.73 Å². The smallest absolute Gasteiger partial charge is 0.0314 e. The molecule has 0 saturated carbocycles. The van der Waals surface area contributed by atoms with E-state index in [2.05, 4.69) is 51.7 Å². The van der Waals surface area contributed by atoms with Gasteiger partial charge in [0.25, 0.3) is 0 Å². The SMILES string of the molecule is CC1CC(C)C(C)N(CC(C)(C)c2ccc(N)cc2)C1. The van der Waals surface area contributed by atoms with Gasteiger partial charge in [0, 0.05) is 30.2 Å². The minimum Gasteiger partial charge on any atom is -0.399 e. The van der Waals surface area contributed by atoms with Gasteiger partial charge in [0.05, 0.1) is 0 Å². The molecule has 0 spiro atoms. The van der Waals surface area contributed by atoms with Gasteiger partial charge in [-0.1, -0.05) is 39.8 Å². The van der Waals surface area contributed by atoms with Crippen molar-refractivity contribution < 1.29 is 0 Å². The van der Waals surface area contributed by atoms with Gasteiger partial charge in [-0.25, -0.2) is 0 Å². The summed E-state index contributed by atoms with van der Waals surface area (Å²) in [6.45, 7) is 14.2. The summed E-state index contributed by atoms with van der Waals surface area (Å²) in [5.41, 5.74) is 8.19. The van der Waals surface area contributed by atoms with E-state index < -0.39 is 0 Å². The fraction of sp³-hybridized carbons (Fsp3) is 0.667. The molecule has 1 aliphatic rings. The molecule has 2 nitrogen and oxygen atoms in total. The standard InChI is InChI=1S/C18H30N2/c1-13-10-14(2)15(3)20(11-13)12-18(4,5)16-6-8-17(19)9-7-16/h6-9,13-15H,10-12,19H2,1-5H3. The molecule has 1 heterocycles. The zero-order chi connectivity index (χ0) is 14.9. The van der Waals surface area contributed by atoms with E-state index in [-0.39, 0.29) is 5.41 Å². The minimum absolute atomic E-state index is 0.165. The summed E-state index contributed by atoms with van der Waals surface area (Å²) in [4.78, 5) is 2.68. The Morgan fingerprint density at radius 3 is 2.35 bits per heavy atom. The van der Waals surface area contributed by atoms with Crippen molar-refractivity contribution in [2.24, 2.45) is 11.8 Å². The molecule has 2 heteroatoms. The van der Waals surface area contributed by atoms with E-state index in [0.29, 0.717) is 6.04 Å². The van der Waals surface area contributed by atoms with E-state index in [4.69, 9.17) is 5.73 Å². The molecule has 0 aliphatic carbocycles. The molecule has 1 saturated heterocycles. The number of benzene rings is 1. The highest BCUT2D eigenvalue weighted by Gasteiger charge is 2.33. The number of nitrogens with two attached hydrogens (primary N) is 1. The summed E-state index contributed by atoms with van der Waals surface area (Å²) in [5.74, 6) is 1.60. The van der Waals surface area contributed by atoms with Gasteiger partial charge in [-0.15, -0.1) is 0 Å². The van der Waals surface area contributed by atoms with E-state index in [9.17, 15) is 0 Å². The lowest BCUT2D eigenvalue weighted by molar-refractivity contribution is 0.0624. The van der Waals surface area contributed by atoms with Gasteiger partial charge in [0.1, 0.15) is 0 Å². The lowest BCUT2D eigenvalue weighted by atomic mass is 9.80. The van der Waals surface area contributed by atoms with Gasteiger partial charge < -0.3 is 5.73 Å². The Bertz CT molecular complexity index is 435. The maximum absolute atomic E-state index is 5.80. The number of nitrogen functional groups attached to an aromatic ring is 1. The van der Waals surface area contributed by atoms with Crippen LogP contribution in [0.3, 0.4) is 0 Å². The Hall–Kier alpha value is -1.02. The third-order valence-corrected chi connectivity index (χ3v) is 5.01. The molecule has 1 aromatic carbocycles. The topological polar surface area (TPSA) is 29.3 Å². The molecule has 1 aliphatic heterocycles. The van der Waals surface area contributed by atoms with Crippen LogP contribution in [0.1, 0.15) is 46.6 Å². The molecule has 2 rings (SSSR count). The molecule has 0 bridgehead atoms. The van der Waals surface area contributed by atoms with Crippen LogP contribution in [0.5, 0.6) is 0 Å². The molecule has 2 N–H and O–H groups in total. The van der Waals surface area contributed by atoms with Crippen molar-refractivity contribution in [2.45, 2.75) is 52.5 Å². The zero-order valence-corrected chi connectivity index (χ0v) is 13.7. The molecule has 3 atom stereocenters. The monoisotopic (exact) mass is 274 g/mol. The first kappa shape index (κ1) is 15.4. The lowest BCUT2D eigenvalue weighted by Crippen LogP contribution is -2.50. The Morgan fingerprint density at radius 2 is 1.75 bits per heavy atom. The van der Waals surface area contributed by atoms with Crippen molar-refractivity contribution in [3.8, 4) is 0 Å². The fourth-order valence-corrected chi connectivity index (χ4v) is 3.57. The third kappa shape index (κ3) is 3.35. The summed E-state index contributed by atoms with van der Waals surface area (Å²) < 4.78 is 0. The van der Waals surface area contributed by atoms with Gasteiger partial charge in [-0.2, -0.15) is 0 Å². The van der Waals surface area contributed by atoms with E-state index in [0.717, 1.165) is 24.1 Å². The summed E-state index contributed by atoms with van der Waals surface area (Å²) in [7, 11) is 0. The maximum atomic E-state index is 5.80. The largest absolute Gasteiger partial charge is 0.399 e. The maximum Gasteiger partial charge on any atom is 0.0314 e. The second kappa shape index (κ2) is 5.77. The van der Waals surface area contributed by atoms with Crippen LogP contribution >= 0.6 is 0 Å². The normalized spacial score (nSPS) is 28.6. The Morgan fingerprint density at radius 1 is 1.15 bits per heavy atom. The van der Waals surface area contributed by atoms with Crippen molar-refractivity contribution in [3.05, 3.63) is 29.8 Å². The molecule has 1 aromatic rings. The first-order chi connectivity index (χ1) is 9.29. The number of rotatable bonds is 3. The van der Waals surface area contributed by atoms with Gasteiger partial charge >= 0.3 is 0 Å². The quantitative estimate of drug-likeness (QED) is 0.847. The first-order valence-electron chi connectivity index (χ1n) is 7.89. The molecule has 1 fully saturated rings. The molecule has 0 aromatic heterocycles. The predicted molar refractivity (Wildman–Crippen MR) is 87.9 cm³/mol. The van der Waals surface area contributed by atoms with Crippen molar-refractivity contribution in [2.75, 3.05) is 18.8 Å². The van der Waals surface area contributed by atoms with E-state index >= 15 is 0 Å². The average Bonchev–Trinajstić information content (AvgIpc) is 2.35. The van der Waals surface area contributed by atoms with Gasteiger partial charge in [-0.05, 0) is 42.9 Å². The van der Waals surface area contributed by atoms with Crippen LogP contribution in [0.4, 0.5) is 5.69 Å². The van der Waals surface area contributed by atoms with Gasteiger partial charge in [0.15, 0.2) is 0 Å². The van der Waals surface area contributed by atoms with E-state index in [1.807, 2.05) is 12.1 Å². The van der Waals surface area contributed by atoms with Gasteiger partial charge in [0.2, 0.25) is 0 Å². The summed E-state index contributed by atoms with van der Waals surface area (Å²) >= 11 is 0. The average molecular weight is 274 g/mol. The number of likely N-dealkylation sites (tertiary alicyclic amines) is 1. The van der Waals surface area contributed by atoms with Crippen LogP contribution in [0.25, 0.3) is 0 Å². The molecule has 112 valence electrons. The second-order valence-electron chi connectivity index (χ2n) is 7.49. The first-order valence-corrected chi connectivity index (χ1v) is 7.89. The highest BCUT2D eigenvalue weighted by Crippen LogP contribution is 2.32. The minimum atomic E-state index is 0.165. The summed E-state index contributed by atoms with van der Waals surface area (Å²) in [6, 6.07) is 9.07. The molecule has 3 unspecified atom stereocenters. The summed E-state index contributed by atoms with van der Waals surface area (Å²) in [6.07, 6.45) is 1.36. The zero-order valence-electron chi connectivity index (χ0n) is 13.7. The second-order valence-corrected chi connectivity index (χ2v) is 7.49.